The maximum atomic E-state index is 13.4. The molecule has 0 unspecified atom stereocenters. The number of aryl methyl sites for hydroxylation is 1. The molecule has 0 saturated heterocycles. The summed E-state index contributed by atoms with van der Waals surface area (Å²) in [5.74, 6) is 0.434. The van der Waals surface area contributed by atoms with Gasteiger partial charge < -0.3 is 5.73 Å². The number of anilines is 1. The first kappa shape index (κ1) is 11.0. The molecular formula is C11H12FN3S. The van der Waals surface area contributed by atoms with Crippen LogP contribution in [0.1, 0.15) is 5.56 Å². The standard InChI is InChI=1S/C11H12FN3S/c1-15-6-8(5-14-15)7-16-11-3-2-9(13)4-10(11)12/h2-6H,7,13H2,1H3. The highest BCUT2D eigenvalue weighted by Gasteiger charge is 2.04. The number of rotatable bonds is 3. The number of hydrogen-bond donors (Lipinski definition) is 1. The first-order chi connectivity index (χ1) is 7.65. The highest BCUT2D eigenvalue weighted by Crippen LogP contribution is 2.26. The Kier molecular flexibility index (Phi) is 3.14. The van der Waals surface area contributed by atoms with E-state index in [0.717, 1.165) is 5.56 Å². The first-order valence-electron chi connectivity index (χ1n) is 4.80. The molecule has 1 aromatic carbocycles. The van der Waals surface area contributed by atoms with Crippen molar-refractivity contribution < 1.29 is 4.39 Å². The Morgan fingerprint density at radius 2 is 2.31 bits per heavy atom. The van der Waals surface area contributed by atoms with Gasteiger partial charge in [0.2, 0.25) is 0 Å². The number of thioether (sulfide) groups is 1. The van der Waals surface area contributed by atoms with E-state index in [1.54, 1.807) is 23.0 Å². The molecule has 16 heavy (non-hydrogen) atoms. The summed E-state index contributed by atoms with van der Waals surface area (Å²) < 4.78 is 15.2. The second kappa shape index (κ2) is 4.57. The topological polar surface area (TPSA) is 43.8 Å². The molecule has 2 N–H and O–H groups in total. The average Bonchev–Trinajstić information content (AvgIpc) is 2.63. The lowest BCUT2D eigenvalue weighted by Gasteiger charge is -2.02. The summed E-state index contributed by atoms with van der Waals surface area (Å²) in [7, 11) is 1.86. The number of nitrogens with zero attached hydrogens (tertiary/aromatic N) is 2. The van der Waals surface area contributed by atoms with Crippen molar-refractivity contribution in [3.63, 3.8) is 0 Å². The third-order valence-corrected chi connectivity index (χ3v) is 3.23. The zero-order chi connectivity index (χ0) is 11.5. The zero-order valence-corrected chi connectivity index (χ0v) is 9.67. The largest absolute Gasteiger partial charge is 0.399 e. The predicted molar refractivity (Wildman–Crippen MR) is 63.6 cm³/mol. The number of hydrogen-bond acceptors (Lipinski definition) is 3. The van der Waals surface area contributed by atoms with Gasteiger partial charge in [0.25, 0.3) is 0 Å². The van der Waals surface area contributed by atoms with E-state index in [1.807, 2.05) is 13.2 Å². The lowest BCUT2D eigenvalue weighted by molar-refractivity contribution is 0.603. The third-order valence-electron chi connectivity index (χ3n) is 2.11. The summed E-state index contributed by atoms with van der Waals surface area (Å²) in [4.78, 5) is 0.609. The van der Waals surface area contributed by atoms with E-state index in [1.165, 1.54) is 17.8 Å². The molecule has 84 valence electrons. The van der Waals surface area contributed by atoms with Gasteiger partial charge in [-0.2, -0.15) is 5.10 Å². The third kappa shape index (κ3) is 2.55. The summed E-state index contributed by atoms with van der Waals surface area (Å²) in [6.45, 7) is 0. The van der Waals surface area contributed by atoms with Crippen LogP contribution >= 0.6 is 11.8 Å². The van der Waals surface area contributed by atoms with Crippen molar-refractivity contribution in [2.75, 3.05) is 5.73 Å². The van der Waals surface area contributed by atoms with Gasteiger partial charge in [-0.1, -0.05) is 0 Å². The van der Waals surface area contributed by atoms with E-state index in [0.29, 0.717) is 16.3 Å². The van der Waals surface area contributed by atoms with E-state index in [4.69, 9.17) is 5.73 Å². The molecule has 1 heterocycles. The Balaban J connectivity index is 2.04. The molecular weight excluding hydrogens is 225 g/mol. The van der Waals surface area contributed by atoms with Gasteiger partial charge in [-0.15, -0.1) is 11.8 Å². The highest BCUT2D eigenvalue weighted by atomic mass is 32.2. The average molecular weight is 237 g/mol. The van der Waals surface area contributed by atoms with Crippen molar-refractivity contribution in [2.45, 2.75) is 10.6 Å². The van der Waals surface area contributed by atoms with E-state index in [2.05, 4.69) is 5.10 Å². The van der Waals surface area contributed by atoms with Gasteiger partial charge in [0.05, 0.1) is 6.20 Å². The minimum absolute atomic E-state index is 0.270. The minimum Gasteiger partial charge on any atom is -0.399 e. The number of aromatic nitrogens is 2. The molecule has 2 aromatic rings. The smallest absolute Gasteiger partial charge is 0.138 e. The Hall–Kier alpha value is -1.49. The molecule has 0 saturated carbocycles. The highest BCUT2D eigenvalue weighted by molar-refractivity contribution is 7.98. The number of nitrogen functional groups attached to an aromatic ring is 1. The molecule has 0 atom stereocenters. The summed E-state index contributed by atoms with van der Waals surface area (Å²) in [5, 5.41) is 4.06. The van der Waals surface area contributed by atoms with E-state index in [9.17, 15) is 4.39 Å². The van der Waals surface area contributed by atoms with Crippen molar-refractivity contribution in [3.8, 4) is 0 Å². The lowest BCUT2D eigenvalue weighted by atomic mass is 10.3. The fourth-order valence-electron chi connectivity index (χ4n) is 1.34. The summed E-state index contributed by atoms with van der Waals surface area (Å²) >= 11 is 1.44. The van der Waals surface area contributed by atoms with Crippen molar-refractivity contribution in [3.05, 3.63) is 42.0 Å². The van der Waals surface area contributed by atoms with Gasteiger partial charge in [-0.25, -0.2) is 4.39 Å². The molecule has 5 heteroatoms. The Bertz CT molecular complexity index is 496. The molecule has 0 amide bonds. The van der Waals surface area contributed by atoms with Gasteiger partial charge in [-0.05, 0) is 18.2 Å². The second-order valence-corrected chi connectivity index (χ2v) is 4.52. The molecule has 1 aromatic heterocycles. The maximum absolute atomic E-state index is 13.4. The van der Waals surface area contributed by atoms with E-state index in [-0.39, 0.29) is 5.82 Å². The van der Waals surface area contributed by atoms with Crippen LogP contribution in [-0.2, 0) is 12.8 Å². The van der Waals surface area contributed by atoms with Crippen LogP contribution < -0.4 is 5.73 Å². The molecule has 0 radical (unpaired) electrons. The van der Waals surface area contributed by atoms with Crippen LogP contribution in [0.2, 0.25) is 0 Å². The fraction of sp³-hybridized carbons (Fsp3) is 0.182. The van der Waals surface area contributed by atoms with Crippen LogP contribution in [-0.4, -0.2) is 9.78 Å². The predicted octanol–water partition coefficient (Wildman–Crippen LogP) is 2.43. The van der Waals surface area contributed by atoms with Crippen molar-refractivity contribution >= 4 is 17.4 Å². The lowest BCUT2D eigenvalue weighted by Crippen LogP contribution is -1.88. The van der Waals surface area contributed by atoms with Crippen LogP contribution in [0.15, 0.2) is 35.5 Å². The fourth-order valence-corrected chi connectivity index (χ4v) is 2.17. The molecule has 0 fully saturated rings. The second-order valence-electron chi connectivity index (χ2n) is 3.50. The van der Waals surface area contributed by atoms with Gasteiger partial charge in [0, 0.05) is 35.1 Å². The van der Waals surface area contributed by atoms with Gasteiger partial charge in [0.1, 0.15) is 5.82 Å². The molecule has 0 aliphatic rings. The van der Waals surface area contributed by atoms with Gasteiger partial charge in [0.15, 0.2) is 0 Å². The Morgan fingerprint density at radius 1 is 1.50 bits per heavy atom. The summed E-state index contributed by atoms with van der Waals surface area (Å²) in [6, 6.07) is 4.74. The normalized spacial score (nSPS) is 10.6. The van der Waals surface area contributed by atoms with Crippen molar-refractivity contribution in [2.24, 2.45) is 7.05 Å². The Morgan fingerprint density at radius 3 is 2.94 bits per heavy atom. The number of nitrogens with two attached hydrogens (primary N) is 1. The van der Waals surface area contributed by atoms with Crippen LogP contribution in [0.3, 0.4) is 0 Å². The van der Waals surface area contributed by atoms with Crippen molar-refractivity contribution in [1.82, 2.24) is 9.78 Å². The quantitative estimate of drug-likeness (QED) is 0.658. The summed E-state index contributed by atoms with van der Waals surface area (Å²) in [5.41, 5.74) is 7.00. The monoisotopic (exact) mass is 237 g/mol. The molecule has 3 nitrogen and oxygen atoms in total. The molecule has 0 bridgehead atoms. The molecule has 0 spiro atoms. The van der Waals surface area contributed by atoms with Crippen molar-refractivity contribution in [1.29, 1.82) is 0 Å². The zero-order valence-electron chi connectivity index (χ0n) is 8.85. The van der Waals surface area contributed by atoms with Crippen LogP contribution in [0.4, 0.5) is 10.1 Å². The molecule has 0 aliphatic heterocycles. The van der Waals surface area contributed by atoms with E-state index >= 15 is 0 Å². The van der Waals surface area contributed by atoms with Gasteiger partial charge >= 0.3 is 0 Å². The van der Waals surface area contributed by atoms with Gasteiger partial charge in [-0.3, -0.25) is 4.68 Å². The van der Waals surface area contributed by atoms with Crippen LogP contribution in [0.25, 0.3) is 0 Å². The van der Waals surface area contributed by atoms with E-state index < -0.39 is 0 Å². The minimum atomic E-state index is -0.270. The molecule has 0 aliphatic carbocycles. The number of halogens is 1. The molecule has 2 rings (SSSR count). The first-order valence-corrected chi connectivity index (χ1v) is 5.79. The van der Waals surface area contributed by atoms with Crippen LogP contribution in [0, 0.1) is 5.82 Å². The maximum Gasteiger partial charge on any atom is 0.138 e. The summed E-state index contributed by atoms with van der Waals surface area (Å²) in [6.07, 6.45) is 3.70. The Labute approximate surface area is 97.5 Å². The SMILES string of the molecule is Cn1cc(CSc2ccc(N)cc2F)cn1. The van der Waals surface area contributed by atoms with Crippen LogP contribution in [0.5, 0.6) is 0 Å². The number of benzene rings is 1.